The van der Waals surface area contributed by atoms with Crippen molar-refractivity contribution >= 4 is 27.4 Å². The second kappa shape index (κ2) is 7.40. The summed E-state index contributed by atoms with van der Waals surface area (Å²) in [5, 5.41) is 11.2. The van der Waals surface area contributed by atoms with Crippen molar-refractivity contribution in [3.05, 3.63) is 29.8 Å². The molecular formula is C13H14N2O5S. The Labute approximate surface area is 122 Å². The largest absolute Gasteiger partial charge is 0.469 e. The third-order valence-corrected chi connectivity index (χ3v) is 4.05. The molecule has 0 bridgehead atoms. The molecule has 0 aliphatic carbocycles. The Balaban J connectivity index is 2.65. The van der Waals surface area contributed by atoms with E-state index in [0.29, 0.717) is 0 Å². The SMILES string of the molecule is COC(=O)CCS(=O)(=O)CC(=O)Nc1ccccc1C#N. The summed E-state index contributed by atoms with van der Waals surface area (Å²) < 4.78 is 27.7. The van der Waals surface area contributed by atoms with Crippen LogP contribution in [0.4, 0.5) is 5.69 Å². The Morgan fingerprint density at radius 3 is 2.62 bits per heavy atom. The minimum absolute atomic E-state index is 0.234. The van der Waals surface area contributed by atoms with Crippen molar-refractivity contribution < 1.29 is 22.7 Å². The van der Waals surface area contributed by atoms with Gasteiger partial charge in [0.05, 0.1) is 30.5 Å². The van der Waals surface area contributed by atoms with Crippen molar-refractivity contribution in [3.63, 3.8) is 0 Å². The minimum Gasteiger partial charge on any atom is -0.469 e. The van der Waals surface area contributed by atoms with Crippen LogP contribution in [0.25, 0.3) is 0 Å². The first-order valence-electron chi connectivity index (χ1n) is 5.94. The number of sulfone groups is 1. The number of nitriles is 1. The van der Waals surface area contributed by atoms with E-state index in [1.807, 2.05) is 6.07 Å². The van der Waals surface area contributed by atoms with Crippen molar-refractivity contribution in [2.24, 2.45) is 0 Å². The average Bonchev–Trinajstić information content (AvgIpc) is 2.44. The van der Waals surface area contributed by atoms with Gasteiger partial charge in [-0.1, -0.05) is 12.1 Å². The zero-order valence-electron chi connectivity index (χ0n) is 11.3. The molecule has 0 atom stereocenters. The van der Waals surface area contributed by atoms with E-state index in [1.54, 1.807) is 12.1 Å². The summed E-state index contributed by atoms with van der Waals surface area (Å²) in [5.41, 5.74) is 0.478. The van der Waals surface area contributed by atoms with Gasteiger partial charge in [-0.05, 0) is 12.1 Å². The summed E-state index contributed by atoms with van der Waals surface area (Å²) in [7, 11) is -2.57. The van der Waals surface area contributed by atoms with E-state index < -0.39 is 33.2 Å². The fraction of sp³-hybridized carbons (Fsp3) is 0.308. The standard InChI is InChI=1S/C13H14N2O5S/c1-20-13(17)6-7-21(18,19)9-12(16)15-11-5-3-2-4-10(11)8-14/h2-5H,6-7,9H2,1H3,(H,15,16). The number of carbonyl (C=O) groups excluding carboxylic acids is 2. The lowest BCUT2D eigenvalue weighted by Crippen LogP contribution is -2.26. The summed E-state index contributed by atoms with van der Waals surface area (Å²) in [6.45, 7) is 0. The summed E-state index contributed by atoms with van der Waals surface area (Å²) >= 11 is 0. The maximum Gasteiger partial charge on any atom is 0.306 e. The molecule has 21 heavy (non-hydrogen) atoms. The minimum atomic E-state index is -3.72. The highest BCUT2D eigenvalue weighted by molar-refractivity contribution is 7.92. The Bertz CT molecular complexity index is 676. The molecule has 1 aromatic carbocycles. The molecule has 112 valence electrons. The number of ether oxygens (including phenoxy) is 1. The average molecular weight is 310 g/mol. The van der Waals surface area contributed by atoms with Crippen molar-refractivity contribution in [1.82, 2.24) is 0 Å². The van der Waals surface area contributed by atoms with Crippen molar-refractivity contribution in [2.75, 3.05) is 23.9 Å². The number of nitrogens with zero attached hydrogens (tertiary/aromatic N) is 1. The summed E-state index contributed by atoms with van der Waals surface area (Å²) in [5.74, 6) is -2.65. The number of nitrogens with one attached hydrogen (secondary N) is 1. The molecule has 0 fully saturated rings. The van der Waals surface area contributed by atoms with Crippen LogP contribution in [0, 0.1) is 11.3 Å². The molecule has 0 aliphatic heterocycles. The van der Waals surface area contributed by atoms with E-state index in [9.17, 15) is 18.0 Å². The smallest absolute Gasteiger partial charge is 0.306 e. The van der Waals surface area contributed by atoms with Crippen LogP contribution in [0.1, 0.15) is 12.0 Å². The Morgan fingerprint density at radius 1 is 1.33 bits per heavy atom. The molecule has 1 aromatic rings. The second-order valence-electron chi connectivity index (χ2n) is 4.12. The van der Waals surface area contributed by atoms with Crippen LogP contribution >= 0.6 is 0 Å². The molecule has 0 spiro atoms. The van der Waals surface area contributed by atoms with E-state index in [2.05, 4.69) is 10.1 Å². The van der Waals surface area contributed by atoms with Crippen LogP contribution in [-0.2, 0) is 24.2 Å². The number of rotatable bonds is 6. The van der Waals surface area contributed by atoms with Crippen LogP contribution in [0.5, 0.6) is 0 Å². The van der Waals surface area contributed by atoms with Crippen LogP contribution in [0.3, 0.4) is 0 Å². The zero-order chi connectivity index (χ0) is 15.9. The second-order valence-corrected chi connectivity index (χ2v) is 6.31. The molecule has 0 unspecified atom stereocenters. The van der Waals surface area contributed by atoms with Gasteiger partial charge in [-0.3, -0.25) is 9.59 Å². The van der Waals surface area contributed by atoms with Gasteiger partial charge in [0, 0.05) is 0 Å². The van der Waals surface area contributed by atoms with Gasteiger partial charge >= 0.3 is 5.97 Å². The maximum atomic E-state index is 11.7. The number of para-hydroxylation sites is 1. The first-order valence-corrected chi connectivity index (χ1v) is 7.76. The molecule has 0 saturated carbocycles. The summed E-state index contributed by atoms with van der Waals surface area (Å²) in [6.07, 6.45) is -0.305. The van der Waals surface area contributed by atoms with Crippen molar-refractivity contribution in [1.29, 1.82) is 5.26 Å². The fourth-order valence-electron chi connectivity index (χ4n) is 1.49. The lowest BCUT2D eigenvalue weighted by atomic mass is 10.2. The van der Waals surface area contributed by atoms with E-state index in [1.165, 1.54) is 12.1 Å². The summed E-state index contributed by atoms with van der Waals surface area (Å²) in [6, 6.07) is 8.12. The Morgan fingerprint density at radius 2 is 2.00 bits per heavy atom. The van der Waals surface area contributed by atoms with Gasteiger partial charge in [-0.25, -0.2) is 8.42 Å². The van der Waals surface area contributed by atoms with E-state index >= 15 is 0 Å². The molecule has 1 N–H and O–H groups in total. The van der Waals surface area contributed by atoms with Crippen LogP contribution < -0.4 is 5.32 Å². The van der Waals surface area contributed by atoms with E-state index in [4.69, 9.17) is 5.26 Å². The quantitative estimate of drug-likeness (QED) is 0.764. The van der Waals surface area contributed by atoms with Gasteiger partial charge in [0.25, 0.3) is 0 Å². The first-order chi connectivity index (χ1) is 9.88. The summed E-state index contributed by atoms with van der Waals surface area (Å²) in [4.78, 5) is 22.6. The highest BCUT2D eigenvalue weighted by Crippen LogP contribution is 2.13. The fourth-order valence-corrected chi connectivity index (χ4v) is 2.58. The molecule has 0 saturated heterocycles. The number of carbonyl (C=O) groups is 2. The number of benzene rings is 1. The third-order valence-electron chi connectivity index (χ3n) is 2.52. The maximum absolute atomic E-state index is 11.7. The highest BCUT2D eigenvalue weighted by atomic mass is 32.2. The number of amides is 1. The van der Waals surface area contributed by atoms with Crippen LogP contribution in [-0.4, -0.2) is 38.9 Å². The monoisotopic (exact) mass is 310 g/mol. The zero-order valence-corrected chi connectivity index (χ0v) is 12.1. The van der Waals surface area contributed by atoms with E-state index in [0.717, 1.165) is 7.11 Å². The molecule has 8 heteroatoms. The van der Waals surface area contributed by atoms with Gasteiger partial charge in [0.15, 0.2) is 9.84 Å². The molecule has 0 heterocycles. The molecule has 0 radical (unpaired) electrons. The van der Waals surface area contributed by atoms with Crippen molar-refractivity contribution in [2.45, 2.75) is 6.42 Å². The Hall–Kier alpha value is -2.40. The number of anilines is 1. The predicted molar refractivity (Wildman–Crippen MR) is 75.1 cm³/mol. The van der Waals surface area contributed by atoms with E-state index in [-0.39, 0.29) is 17.7 Å². The van der Waals surface area contributed by atoms with Gasteiger partial charge < -0.3 is 10.1 Å². The number of hydrogen-bond acceptors (Lipinski definition) is 6. The van der Waals surface area contributed by atoms with Crippen molar-refractivity contribution in [3.8, 4) is 6.07 Å². The normalized spacial score (nSPS) is 10.5. The molecule has 1 amide bonds. The highest BCUT2D eigenvalue weighted by Gasteiger charge is 2.19. The lowest BCUT2D eigenvalue weighted by Gasteiger charge is -2.07. The number of esters is 1. The molecular weight excluding hydrogens is 296 g/mol. The van der Waals surface area contributed by atoms with Gasteiger partial charge in [0.2, 0.25) is 5.91 Å². The molecule has 0 aliphatic rings. The van der Waals surface area contributed by atoms with Gasteiger partial charge in [0.1, 0.15) is 11.8 Å². The first kappa shape index (κ1) is 16.7. The third kappa shape index (κ3) is 5.62. The van der Waals surface area contributed by atoms with Crippen LogP contribution in [0.15, 0.2) is 24.3 Å². The van der Waals surface area contributed by atoms with Gasteiger partial charge in [-0.15, -0.1) is 0 Å². The van der Waals surface area contributed by atoms with Crippen LogP contribution in [0.2, 0.25) is 0 Å². The lowest BCUT2D eigenvalue weighted by molar-refractivity contribution is -0.140. The molecule has 1 rings (SSSR count). The Kier molecular flexibility index (Phi) is 5.87. The topological polar surface area (TPSA) is 113 Å². The molecule has 0 aromatic heterocycles. The number of hydrogen-bond donors (Lipinski definition) is 1. The molecule has 7 nitrogen and oxygen atoms in total. The predicted octanol–water partition coefficient (Wildman–Crippen LogP) is 0.475. The number of methoxy groups -OCH3 is 1. The van der Waals surface area contributed by atoms with Gasteiger partial charge in [-0.2, -0.15) is 5.26 Å².